The van der Waals surface area contributed by atoms with Crippen molar-refractivity contribution in [1.82, 2.24) is 14.3 Å². The van der Waals surface area contributed by atoms with Crippen molar-refractivity contribution in [2.24, 2.45) is 5.92 Å². The summed E-state index contributed by atoms with van der Waals surface area (Å²) in [4.78, 5) is 11.8. The van der Waals surface area contributed by atoms with Crippen LogP contribution < -0.4 is 10.0 Å². The van der Waals surface area contributed by atoms with Crippen LogP contribution in [0.2, 0.25) is 0 Å². The number of nitrogens with zero attached hydrogens (tertiary/aromatic N) is 1. The molecule has 92 valence electrons. The number of hydrogen-bond donors (Lipinski definition) is 2. The highest BCUT2D eigenvalue weighted by atomic mass is 32.2. The van der Waals surface area contributed by atoms with E-state index in [2.05, 4.69) is 11.9 Å². The predicted molar refractivity (Wildman–Crippen MR) is 60.8 cm³/mol. The molecule has 1 saturated carbocycles. The molecule has 0 aromatic heterocycles. The van der Waals surface area contributed by atoms with E-state index in [1.54, 1.807) is 13.1 Å². The Morgan fingerprint density at radius 3 is 2.44 bits per heavy atom. The lowest BCUT2D eigenvalue weighted by Gasteiger charge is -2.18. The van der Waals surface area contributed by atoms with Crippen LogP contribution in [0.25, 0.3) is 0 Å². The van der Waals surface area contributed by atoms with Gasteiger partial charge in [-0.2, -0.15) is 12.7 Å². The van der Waals surface area contributed by atoms with Crippen LogP contribution >= 0.6 is 0 Å². The molecule has 1 fully saturated rings. The molecule has 0 heterocycles. The Hall–Kier alpha value is -0.920. The molecule has 0 aromatic rings. The summed E-state index contributed by atoms with van der Waals surface area (Å²) < 4.78 is 25.9. The van der Waals surface area contributed by atoms with Gasteiger partial charge in [-0.1, -0.05) is 6.08 Å². The van der Waals surface area contributed by atoms with Crippen LogP contribution in [0.3, 0.4) is 0 Å². The fourth-order valence-corrected chi connectivity index (χ4v) is 2.13. The number of carbonyl (C=O) groups excluding carboxylic acids is 1. The van der Waals surface area contributed by atoms with E-state index in [0.29, 0.717) is 6.42 Å². The van der Waals surface area contributed by atoms with E-state index in [4.69, 9.17) is 0 Å². The standard InChI is InChI=1S/C9H17N3O3S/c1-5-7-6-9(7,10-2)8(13)11-16(14,15)12(3)4/h5,7,10H,1,6H2,2-4H3,(H,11,13)/t7-,9-/m1/s1. The fraction of sp³-hybridized carbons (Fsp3) is 0.667. The van der Waals surface area contributed by atoms with E-state index < -0.39 is 21.7 Å². The highest BCUT2D eigenvalue weighted by Crippen LogP contribution is 2.44. The highest BCUT2D eigenvalue weighted by molar-refractivity contribution is 7.87. The van der Waals surface area contributed by atoms with Crippen molar-refractivity contribution in [2.45, 2.75) is 12.0 Å². The normalized spacial score (nSPS) is 28.9. The maximum Gasteiger partial charge on any atom is 0.303 e. The second kappa shape index (κ2) is 4.15. The Kier molecular flexibility index (Phi) is 3.41. The zero-order chi connectivity index (χ0) is 12.6. The van der Waals surface area contributed by atoms with Gasteiger partial charge in [-0.15, -0.1) is 6.58 Å². The first-order valence-electron chi connectivity index (χ1n) is 4.86. The number of rotatable bonds is 5. The maximum absolute atomic E-state index is 11.8. The number of amides is 1. The van der Waals surface area contributed by atoms with Crippen LogP contribution in [0.15, 0.2) is 12.7 Å². The van der Waals surface area contributed by atoms with E-state index in [1.807, 2.05) is 4.72 Å². The van der Waals surface area contributed by atoms with Crippen molar-refractivity contribution in [2.75, 3.05) is 21.1 Å². The van der Waals surface area contributed by atoms with Crippen LogP contribution in [0.4, 0.5) is 0 Å². The van der Waals surface area contributed by atoms with E-state index in [1.165, 1.54) is 14.1 Å². The Labute approximate surface area is 95.9 Å². The Bertz CT molecular complexity index is 404. The first-order valence-corrected chi connectivity index (χ1v) is 6.30. The van der Waals surface area contributed by atoms with Crippen molar-refractivity contribution in [3.8, 4) is 0 Å². The summed E-state index contributed by atoms with van der Waals surface area (Å²) in [5.74, 6) is -0.552. The molecule has 1 amide bonds. The Morgan fingerprint density at radius 1 is 1.56 bits per heavy atom. The first-order chi connectivity index (χ1) is 7.30. The molecule has 16 heavy (non-hydrogen) atoms. The molecule has 2 atom stereocenters. The molecule has 0 spiro atoms. The molecule has 0 bridgehead atoms. The topological polar surface area (TPSA) is 78.5 Å². The van der Waals surface area contributed by atoms with Crippen LogP contribution in [-0.4, -0.2) is 45.3 Å². The third kappa shape index (κ3) is 2.11. The molecule has 1 aliphatic rings. The van der Waals surface area contributed by atoms with Gasteiger partial charge in [-0.3, -0.25) is 4.79 Å². The Balaban J connectivity index is 2.78. The average Bonchev–Trinajstić information content (AvgIpc) is 2.91. The molecule has 0 radical (unpaired) electrons. The van der Waals surface area contributed by atoms with Crippen LogP contribution in [0.5, 0.6) is 0 Å². The van der Waals surface area contributed by atoms with Gasteiger partial charge in [0.05, 0.1) is 0 Å². The van der Waals surface area contributed by atoms with Gasteiger partial charge in [0.2, 0.25) is 0 Å². The van der Waals surface area contributed by atoms with Crippen molar-refractivity contribution in [3.05, 3.63) is 12.7 Å². The van der Waals surface area contributed by atoms with Crippen molar-refractivity contribution in [1.29, 1.82) is 0 Å². The summed E-state index contributed by atoms with van der Waals surface area (Å²) in [6.07, 6.45) is 2.22. The SMILES string of the molecule is C=C[C@@H]1C[C@]1(NC)C(=O)NS(=O)(=O)N(C)C. The molecule has 6 nitrogen and oxygen atoms in total. The Morgan fingerprint density at radius 2 is 2.12 bits per heavy atom. The van der Waals surface area contributed by atoms with Crippen LogP contribution in [-0.2, 0) is 15.0 Å². The van der Waals surface area contributed by atoms with E-state index in [-0.39, 0.29) is 5.92 Å². The van der Waals surface area contributed by atoms with Crippen LogP contribution in [0, 0.1) is 5.92 Å². The van der Waals surface area contributed by atoms with Crippen molar-refractivity contribution in [3.63, 3.8) is 0 Å². The summed E-state index contributed by atoms with van der Waals surface area (Å²) in [6.45, 7) is 3.60. The van der Waals surface area contributed by atoms with E-state index in [9.17, 15) is 13.2 Å². The summed E-state index contributed by atoms with van der Waals surface area (Å²) >= 11 is 0. The van der Waals surface area contributed by atoms with Crippen LogP contribution in [0.1, 0.15) is 6.42 Å². The lowest BCUT2D eigenvalue weighted by molar-refractivity contribution is -0.122. The van der Waals surface area contributed by atoms with Gasteiger partial charge in [0.15, 0.2) is 0 Å². The molecular weight excluding hydrogens is 230 g/mol. The molecule has 1 rings (SSSR count). The zero-order valence-corrected chi connectivity index (χ0v) is 10.5. The van der Waals surface area contributed by atoms with Gasteiger partial charge in [0, 0.05) is 20.0 Å². The minimum Gasteiger partial charge on any atom is -0.306 e. The number of nitrogens with one attached hydrogen (secondary N) is 2. The smallest absolute Gasteiger partial charge is 0.303 e. The minimum absolute atomic E-state index is 0.0186. The summed E-state index contributed by atoms with van der Waals surface area (Å²) in [6, 6.07) is 0. The fourth-order valence-electron chi connectivity index (χ4n) is 1.53. The predicted octanol–water partition coefficient (Wildman–Crippen LogP) is -0.927. The number of likely N-dealkylation sites (N-methyl/N-ethyl adjacent to an activating group) is 1. The van der Waals surface area contributed by atoms with E-state index in [0.717, 1.165) is 4.31 Å². The average molecular weight is 247 g/mol. The van der Waals surface area contributed by atoms with Gasteiger partial charge >= 0.3 is 10.2 Å². The largest absolute Gasteiger partial charge is 0.306 e. The second-order valence-corrected chi connectivity index (χ2v) is 5.87. The van der Waals surface area contributed by atoms with Gasteiger partial charge in [0.1, 0.15) is 5.54 Å². The van der Waals surface area contributed by atoms with Crippen molar-refractivity contribution >= 4 is 16.1 Å². The van der Waals surface area contributed by atoms with Gasteiger partial charge in [0.25, 0.3) is 5.91 Å². The first kappa shape index (κ1) is 13.1. The second-order valence-electron chi connectivity index (χ2n) is 3.99. The molecule has 1 aliphatic carbocycles. The van der Waals surface area contributed by atoms with Gasteiger partial charge < -0.3 is 5.32 Å². The zero-order valence-electron chi connectivity index (χ0n) is 9.65. The van der Waals surface area contributed by atoms with Gasteiger partial charge in [-0.25, -0.2) is 4.72 Å². The molecule has 0 unspecified atom stereocenters. The third-order valence-electron chi connectivity index (χ3n) is 2.85. The lowest BCUT2D eigenvalue weighted by Crippen LogP contribution is -2.51. The number of hydrogen-bond acceptors (Lipinski definition) is 4. The summed E-state index contributed by atoms with van der Waals surface area (Å²) in [7, 11) is 0.629. The molecule has 7 heteroatoms. The molecule has 0 aromatic carbocycles. The number of carbonyl (C=O) groups is 1. The third-order valence-corrected chi connectivity index (χ3v) is 4.26. The van der Waals surface area contributed by atoms with Crippen molar-refractivity contribution < 1.29 is 13.2 Å². The summed E-state index contributed by atoms with van der Waals surface area (Å²) in [5, 5.41) is 2.85. The molecule has 0 saturated heterocycles. The quantitative estimate of drug-likeness (QED) is 0.615. The lowest BCUT2D eigenvalue weighted by atomic mass is 10.2. The maximum atomic E-state index is 11.8. The monoisotopic (exact) mass is 247 g/mol. The van der Waals surface area contributed by atoms with Gasteiger partial charge in [-0.05, 0) is 13.5 Å². The van der Waals surface area contributed by atoms with E-state index >= 15 is 0 Å². The molecular formula is C9H17N3O3S. The molecule has 2 N–H and O–H groups in total. The summed E-state index contributed by atoms with van der Waals surface area (Å²) in [5.41, 5.74) is -0.815. The minimum atomic E-state index is -3.72. The highest BCUT2D eigenvalue weighted by Gasteiger charge is 2.58. The molecule has 0 aliphatic heterocycles.